The average molecular weight is 270 g/mol. The minimum atomic E-state index is -0.951. The number of anilines is 2. The van der Waals surface area contributed by atoms with Gasteiger partial charge in [0.15, 0.2) is 0 Å². The molecule has 0 saturated heterocycles. The zero-order valence-corrected chi connectivity index (χ0v) is 10.8. The van der Waals surface area contributed by atoms with Gasteiger partial charge in [0.25, 0.3) is 0 Å². The van der Waals surface area contributed by atoms with E-state index in [4.69, 9.17) is 9.84 Å². The zero-order valence-electron chi connectivity index (χ0n) is 10.8. The third-order valence-corrected chi connectivity index (χ3v) is 3.21. The van der Waals surface area contributed by atoms with E-state index in [0.717, 1.165) is 24.4 Å². The molecule has 102 valence electrons. The van der Waals surface area contributed by atoms with E-state index in [-0.39, 0.29) is 5.56 Å². The summed E-state index contributed by atoms with van der Waals surface area (Å²) in [4.78, 5) is 17.4. The second-order valence-electron chi connectivity index (χ2n) is 4.53. The van der Waals surface area contributed by atoms with Crippen LogP contribution in [-0.4, -0.2) is 29.2 Å². The average Bonchev–Trinajstić information content (AvgIpc) is 2.69. The molecule has 5 nitrogen and oxygen atoms in total. The van der Waals surface area contributed by atoms with Crippen LogP contribution in [0.3, 0.4) is 0 Å². The molecule has 20 heavy (non-hydrogen) atoms. The summed E-state index contributed by atoms with van der Waals surface area (Å²) in [6.45, 7) is 1.39. The summed E-state index contributed by atoms with van der Waals surface area (Å²) < 4.78 is 5.69. The molecule has 2 heterocycles. The van der Waals surface area contributed by atoms with Gasteiger partial charge in [0.05, 0.1) is 17.9 Å². The SMILES string of the molecule is O=C(O)c1ccnc(N2CCCOc3ccccc32)c1. The Morgan fingerprint density at radius 3 is 3.00 bits per heavy atom. The molecular formula is C15H14N2O3. The number of carboxylic acids is 1. The maximum Gasteiger partial charge on any atom is 0.335 e. The lowest BCUT2D eigenvalue weighted by molar-refractivity contribution is 0.0697. The number of aromatic carboxylic acids is 1. The quantitative estimate of drug-likeness (QED) is 0.909. The first-order valence-electron chi connectivity index (χ1n) is 6.44. The van der Waals surface area contributed by atoms with Gasteiger partial charge >= 0.3 is 5.97 Å². The van der Waals surface area contributed by atoms with E-state index in [1.807, 2.05) is 29.2 Å². The van der Waals surface area contributed by atoms with Crippen LogP contribution in [0, 0.1) is 0 Å². The van der Waals surface area contributed by atoms with Crippen LogP contribution < -0.4 is 9.64 Å². The predicted octanol–water partition coefficient (Wildman–Crippen LogP) is 2.70. The fourth-order valence-electron chi connectivity index (χ4n) is 2.26. The number of hydrogen-bond donors (Lipinski definition) is 1. The molecule has 0 unspecified atom stereocenters. The third-order valence-electron chi connectivity index (χ3n) is 3.21. The van der Waals surface area contributed by atoms with Crippen LogP contribution in [0.5, 0.6) is 5.75 Å². The number of rotatable bonds is 2. The van der Waals surface area contributed by atoms with Crippen LogP contribution in [0.15, 0.2) is 42.6 Å². The second-order valence-corrected chi connectivity index (χ2v) is 4.53. The van der Waals surface area contributed by atoms with Gasteiger partial charge in [-0.3, -0.25) is 0 Å². The lowest BCUT2D eigenvalue weighted by atomic mass is 10.2. The molecule has 2 aromatic rings. The zero-order chi connectivity index (χ0) is 13.9. The predicted molar refractivity (Wildman–Crippen MR) is 74.8 cm³/mol. The van der Waals surface area contributed by atoms with Crippen molar-refractivity contribution in [2.24, 2.45) is 0 Å². The Morgan fingerprint density at radius 2 is 2.15 bits per heavy atom. The summed E-state index contributed by atoms with van der Waals surface area (Å²) in [6.07, 6.45) is 2.38. The summed E-state index contributed by atoms with van der Waals surface area (Å²) in [5, 5.41) is 9.09. The molecule has 0 radical (unpaired) electrons. The Balaban J connectivity index is 2.05. The maximum absolute atomic E-state index is 11.1. The smallest absolute Gasteiger partial charge is 0.335 e. The van der Waals surface area contributed by atoms with Gasteiger partial charge in [0, 0.05) is 12.7 Å². The topological polar surface area (TPSA) is 62.7 Å². The van der Waals surface area contributed by atoms with Crippen LogP contribution in [0.25, 0.3) is 0 Å². The number of carbonyl (C=O) groups is 1. The van der Waals surface area contributed by atoms with Gasteiger partial charge in [0.1, 0.15) is 11.6 Å². The number of nitrogens with zero attached hydrogens (tertiary/aromatic N) is 2. The van der Waals surface area contributed by atoms with Crippen molar-refractivity contribution in [2.45, 2.75) is 6.42 Å². The summed E-state index contributed by atoms with van der Waals surface area (Å²) in [6, 6.07) is 10.8. The molecule has 1 aromatic carbocycles. The molecule has 0 fully saturated rings. The highest BCUT2D eigenvalue weighted by atomic mass is 16.5. The fraction of sp³-hybridized carbons (Fsp3) is 0.200. The van der Waals surface area contributed by atoms with Crippen LogP contribution in [-0.2, 0) is 0 Å². The van der Waals surface area contributed by atoms with E-state index in [1.165, 1.54) is 12.3 Å². The number of aromatic nitrogens is 1. The van der Waals surface area contributed by atoms with Crippen molar-refractivity contribution in [1.82, 2.24) is 4.98 Å². The van der Waals surface area contributed by atoms with Gasteiger partial charge < -0.3 is 14.7 Å². The number of pyridine rings is 1. The molecule has 0 atom stereocenters. The van der Waals surface area contributed by atoms with E-state index in [0.29, 0.717) is 12.4 Å². The Labute approximate surface area is 116 Å². The van der Waals surface area contributed by atoms with Crippen molar-refractivity contribution in [3.63, 3.8) is 0 Å². The van der Waals surface area contributed by atoms with Crippen molar-refractivity contribution < 1.29 is 14.6 Å². The monoisotopic (exact) mass is 270 g/mol. The molecule has 1 N–H and O–H groups in total. The number of benzene rings is 1. The Hall–Kier alpha value is -2.56. The van der Waals surface area contributed by atoms with Gasteiger partial charge in [-0.25, -0.2) is 9.78 Å². The maximum atomic E-state index is 11.1. The molecular weight excluding hydrogens is 256 g/mol. The van der Waals surface area contributed by atoms with Gasteiger partial charge in [0.2, 0.25) is 0 Å². The van der Waals surface area contributed by atoms with Gasteiger partial charge in [-0.05, 0) is 30.7 Å². The standard InChI is InChI=1S/C15H14N2O3/c18-15(19)11-6-7-16-14(10-11)17-8-3-9-20-13-5-2-1-4-12(13)17/h1-2,4-7,10H,3,8-9H2,(H,18,19). The summed E-state index contributed by atoms with van der Waals surface area (Å²) in [5.41, 5.74) is 1.15. The van der Waals surface area contributed by atoms with E-state index >= 15 is 0 Å². The largest absolute Gasteiger partial charge is 0.491 e. The Bertz CT molecular complexity index is 643. The van der Waals surface area contributed by atoms with E-state index in [1.54, 1.807) is 6.07 Å². The van der Waals surface area contributed by atoms with Crippen LogP contribution >= 0.6 is 0 Å². The molecule has 0 bridgehead atoms. The number of hydrogen-bond acceptors (Lipinski definition) is 4. The van der Waals surface area contributed by atoms with Crippen LogP contribution in [0.1, 0.15) is 16.8 Å². The van der Waals surface area contributed by atoms with E-state index in [9.17, 15) is 4.79 Å². The minimum absolute atomic E-state index is 0.234. The number of para-hydroxylation sites is 2. The fourth-order valence-corrected chi connectivity index (χ4v) is 2.26. The first-order chi connectivity index (χ1) is 9.75. The van der Waals surface area contributed by atoms with Gasteiger partial charge in [-0.1, -0.05) is 12.1 Å². The van der Waals surface area contributed by atoms with Gasteiger partial charge in [-0.2, -0.15) is 0 Å². The van der Waals surface area contributed by atoms with Gasteiger partial charge in [-0.15, -0.1) is 0 Å². The van der Waals surface area contributed by atoms with Crippen molar-refractivity contribution in [3.05, 3.63) is 48.2 Å². The van der Waals surface area contributed by atoms with E-state index < -0.39 is 5.97 Å². The lowest BCUT2D eigenvalue weighted by Gasteiger charge is -2.22. The third kappa shape index (κ3) is 2.30. The minimum Gasteiger partial charge on any atom is -0.491 e. The van der Waals surface area contributed by atoms with E-state index in [2.05, 4.69) is 4.98 Å². The molecule has 3 rings (SSSR count). The molecule has 0 spiro atoms. The van der Waals surface area contributed by atoms with Crippen molar-refractivity contribution in [1.29, 1.82) is 0 Å². The van der Waals surface area contributed by atoms with Crippen LogP contribution in [0.2, 0.25) is 0 Å². The first-order valence-corrected chi connectivity index (χ1v) is 6.44. The van der Waals surface area contributed by atoms with Crippen molar-refractivity contribution in [2.75, 3.05) is 18.1 Å². The van der Waals surface area contributed by atoms with Crippen molar-refractivity contribution in [3.8, 4) is 5.75 Å². The Kier molecular flexibility index (Phi) is 3.25. The number of fused-ring (bicyclic) bond motifs is 1. The highest BCUT2D eigenvalue weighted by Gasteiger charge is 2.19. The number of carboxylic acid groups (broad SMARTS) is 1. The highest BCUT2D eigenvalue weighted by molar-refractivity contribution is 5.88. The highest BCUT2D eigenvalue weighted by Crippen LogP contribution is 2.34. The summed E-state index contributed by atoms with van der Waals surface area (Å²) >= 11 is 0. The molecule has 0 saturated carbocycles. The lowest BCUT2D eigenvalue weighted by Crippen LogP contribution is -2.19. The molecule has 0 aliphatic carbocycles. The van der Waals surface area contributed by atoms with Crippen molar-refractivity contribution >= 4 is 17.5 Å². The molecule has 1 aliphatic heterocycles. The normalized spacial score (nSPS) is 14.1. The molecule has 0 amide bonds. The van der Waals surface area contributed by atoms with Crippen LogP contribution in [0.4, 0.5) is 11.5 Å². The molecule has 5 heteroatoms. The Morgan fingerprint density at radius 1 is 1.30 bits per heavy atom. The molecule has 1 aromatic heterocycles. The summed E-state index contributed by atoms with van der Waals surface area (Å²) in [5.74, 6) is 0.475. The number of ether oxygens (including phenoxy) is 1. The summed E-state index contributed by atoms with van der Waals surface area (Å²) in [7, 11) is 0. The molecule has 1 aliphatic rings. The first kappa shape index (κ1) is 12.5. The second kappa shape index (κ2) is 5.21.